The minimum atomic E-state index is -3.60. The van der Waals surface area contributed by atoms with Crippen LogP contribution in [0.4, 0.5) is 5.69 Å². The van der Waals surface area contributed by atoms with Gasteiger partial charge in [0.1, 0.15) is 5.75 Å². The predicted molar refractivity (Wildman–Crippen MR) is 130 cm³/mol. The van der Waals surface area contributed by atoms with Gasteiger partial charge in [0.2, 0.25) is 21.7 Å². The van der Waals surface area contributed by atoms with E-state index in [1.54, 1.807) is 29.2 Å². The Balaban J connectivity index is 1.37. The van der Waals surface area contributed by atoms with Crippen LogP contribution in [0.2, 0.25) is 0 Å². The van der Waals surface area contributed by atoms with Crippen LogP contribution < -0.4 is 9.64 Å². The van der Waals surface area contributed by atoms with Crippen molar-refractivity contribution in [2.45, 2.75) is 43.9 Å². The van der Waals surface area contributed by atoms with Gasteiger partial charge in [0.05, 0.1) is 16.5 Å². The van der Waals surface area contributed by atoms with E-state index in [1.807, 2.05) is 32.0 Å². The van der Waals surface area contributed by atoms with Gasteiger partial charge in [0.15, 0.2) is 6.61 Å². The average Bonchev–Trinajstić information content (AvgIpc) is 3.36. The van der Waals surface area contributed by atoms with E-state index in [1.165, 1.54) is 4.31 Å². The number of carbonyl (C=O) groups is 1. The molecule has 0 unspecified atom stereocenters. The molecule has 1 saturated heterocycles. The van der Waals surface area contributed by atoms with Crippen LogP contribution in [0.5, 0.6) is 5.75 Å². The van der Waals surface area contributed by atoms with Crippen LogP contribution in [0.1, 0.15) is 43.6 Å². The first-order valence-corrected chi connectivity index (χ1v) is 13.3. The van der Waals surface area contributed by atoms with Crippen LogP contribution >= 0.6 is 0 Å². The first-order chi connectivity index (χ1) is 16.9. The number of rotatable bonds is 6. The summed E-state index contributed by atoms with van der Waals surface area (Å²) in [5.41, 5.74) is 2.41. The molecule has 1 aromatic heterocycles. The molecule has 9 nitrogen and oxygen atoms in total. The van der Waals surface area contributed by atoms with Crippen LogP contribution in [-0.2, 0) is 14.8 Å². The molecular formula is C25H28N4O5S. The molecule has 0 spiro atoms. The van der Waals surface area contributed by atoms with Crippen molar-refractivity contribution < 1.29 is 22.5 Å². The van der Waals surface area contributed by atoms with Gasteiger partial charge in [-0.2, -0.15) is 9.29 Å². The van der Waals surface area contributed by atoms with Crippen molar-refractivity contribution in [1.82, 2.24) is 14.4 Å². The Morgan fingerprint density at radius 3 is 2.71 bits per heavy atom. The van der Waals surface area contributed by atoms with E-state index in [0.717, 1.165) is 18.4 Å². The van der Waals surface area contributed by atoms with E-state index in [9.17, 15) is 13.2 Å². The number of fused-ring (bicyclic) bond motifs is 1. The number of aryl methyl sites for hydroxylation is 1. The zero-order valence-electron chi connectivity index (χ0n) is 19.8. The van der Waals surface area contributed by atoms with Crippen LogP contribution in [0.15, 0.2) is 51.9 Å². The summed E-state index contributed by atoms with van der Waals surface area (Å²) in [6, 6.07) is 12.4. The van der Waals surface area contributed by atoms with Gasteiger partial charge in [0.25, 0.3) is 5.91 Å². The summed E-state index contributed by atoms with van der Waals surface area (Å²) in [5.74, 6) is 1.19. The van der Waals surface area contributed by atoms with Gasteiger partial charge in [-0.15, -0.1) is 0 Å². The number of anilines is 1. The quantitative estimate of drug-likeness (QED) is 0.512. The fourth-order valence-corrected chi connectivity index (χ4v) is 6.07. The van der Waals surface area contributed by atoms with Crippen molar-refractivity contribution in [3.63, 3.8) is 0 Å². The third-order valence-electron chi connectivity index (χ3n) is 6.44. The van der Waals surface area contributed by atoms with Gasteiger partial charge in [-0.3, -0.25) is 4.79 Å². The third-order valence-corrected chi connectivity index (χ3v) is 8.32. The number of piperidine rings is 1. The van der Waals surface area contributed by atoms with Crippen molar-refractivity contribution in [3.05, 3.63) is 53.9 Å². The van der Waals surface area contributed by atoms with Crippen molar-refractivity contribution >= 4 is 21.6 Å². The summed E-state index contributed by atoms with van der Waals surface area (Å²) >= 11 is 0. The van der Waals surface area contributed by atoms with E-state index in [-0.39, 0.29) is 29.9 Å². The summed E-state index contributed by atoms with van der Waals surface area (Å²) in [7, 11) is -3.60. The van der Waals surface area contributed by atoms with Crippen molar-refractivity contribution in [3.8, 4) is 17.1 Å². The second-order valence-electron chi connectivity index (χ2n) is 8.99. The van der Waals surface area contributed by atoms with E-state index < -0.39 is 10.0 Å². The molecule has 35 heavy (non-hydrogen) atoms. The number of benzene rings is 2. The Bertz CT molecular complexity index is 1340. The van der Waals surface area contributed by atoms with Gasteiger partial charge in [-0.1, -0.05) is 29.8 Å². The van der Waals surface area contributed by atoms with Crippen LogP contribution in [-0.4, -0.2) is 55.0 Å². The summed E-state index contributed by atoms with van der Waals surface area (Å²) in [6.45, 7) is 5.32. The maximum Gasteiger partial charge on any atom is 0.265 e. The SMILES string of the molecule is CCCN1C(=O)COc2ccc(-c3noc([C@H]4CCCN(S(=O)(=O)c5ccc(C)cc5)C4)n3)cc21. The summed E-state index contributed by atoms with van der Waals surface area (Å²) < 4.78 is 39.0. The molecule has 2 aromatic carbocycles. The summed E-state index contributed by atoms with van der Waals surface area (Å²) in [5, 5.41) is 4.16. The highest BCUT2D eigenvalue weighted by Crippen LogP contribution is 2.36. The smallest absolute Gasteiger partial charge is 0.265 e. The summed E-state index contributed by atoms with van der Waals surface area (Å²) in [4.78, 5) is 18.9. The molecular weight excluding hydrogens is 468 g/mol. The lowest BCUT2D eigenvalue weighted by atomic mass is 10.00. The minimum absolute atomic E-state index is 0.0301. The Labute approximate surface area is 204 Å². The number of amides is 1. The molecule has 3 heterocycles. The Morgan fingerprint density at radius 2 is 1.94 bits per heavy atom. The number of aromatic nitrogens is 2. The number of hydrogen-bond acceptors (Lipinski definition) is 7. The van der Waals surface area contributed by atoms with Gasteiger partial charge in [-0.05, 0) is 56.5 Å². The highest BCUT2D eigenvalue weighted by molar-refractivity contribution is 7.89. The van der Waals surface area contributed by atoms with Gasteiger partial charge in [-0.25, -0.2) is 8.42 Å². The molecule has 1 fully saturated rings. The topological polar surface area (TPSA) is 106 Å². The van der Waals surface area contributed by atoms with Crippen LogP contribution in [0.3, 0.4) is 0 Å². The molecule has 2 aliphatic rings. The normalized spacial score (nSPS) is 18.9. The Morgan fingerprint density at radius 1 is 1.14 bits per heavy atom. The van der Waals surface area contributed by atoms with Crippen molar-refractivity contribution in [1.29, 1.82) is 0 Å². The molecule has 3 aromatic rings. The first-order valence-electron chi connectivity index (χ1n) is 11.8. The molecule has 184 valence electrons. The van der Waals surface area contributed by atoms with Gasteiger partial charge >= 0.3 is 0 Å². The van der Waals surface area contributed by atoms with Crippen LogP contribution in [0, 0.1) is 6.92 Å². The molecule has 5 rings (SSSR count). The molecule has 0 N–H and O–H groups in total. The largest absolute Gasteiger partial charge is 0.482 e. The number of ether oxygens (including phenoxy) is 1. The molecule has 10 heteroatoms. The van der Waals surface area contributed by atoms with Crippen molar-refractivity contribution in [2.75, 3.05) is 31.1 Å². The highest BCUT2D eigenvalue weighted by Gasteiger charge is 2.33. The Kier molecular flexibility index (Phi) is 6.33. The highest BCUT2D eigenvalue weighted by atomic mass is 32.2. The number of nitrogens with zero attached hydrogens (tertiary/aromatic N) is 4. The van der Waals surface area contributed by atoms with E-state index in [2.05, 4.69) is 10.1 Å². The molecule has 1 amide bonds. The standard InChI is InChI=1S/C25H28N4O5S/c1-3-12-29-21-14-18(8-11-22(21)33-16-23(29)30)24-26-25(34-27-24)19-5-4-13-28(15-19)35(31,32)20-9-6-17(2)7-10-20/h6-11,14,19H,3-5,12-13,15-16H2,1-2H3/t19-/m0/s1. The first kappa shape index (κ1) is 23.5. The molecule has 0 bridgehead atoms. The molecule has 0 radical (unpaired) electrons. The van der Waals surface area contributed by atoms with Crippen molar-refractivity contribution in [2.24, 2.45) is 0 Å². The molecule has 0 saturated carbocycles. The van der Waals surface area contributed by atoms with Gasteiger partial charge in [0, 0.05) is 25.2 Å². The maximum atomic E-state index is 13.2. The number of hydrogen-bond donors (Lipinski definition) is 0. The second-order valence-corrected chi connectivity index (χ2v) is 10.9. The zero-order chi connectivity index (χ0) is 24.6. The monoisotopic (exact) mass is 496 g/mol. The lowest BCUT2D eigenvalue weighted by Gasteiger charge is -2.30. The lowest BCUT2D eigenvalue weighted by Crippen LogP contribution is -2.39. The minimum Gasteiger partial charge on any atom is -0.482 e. The molecule has 1 atom stereocenters. The maximum absolute atomic E-state index is 13.2. The van der Waals surface area contributed by atoms with E-state index >= 15 is 0 Å². The zero-order valence-corrected chi connectivity index (χ0v) is 20.6. The fraction of sp³-hybridized carbons (Fsp3) is 0.400. The van der Waals surface area contributed by atoms with Crippen LogP contribution in [0.25, 0.3) is 11.4 Å². The Hall–Kier alpha value is -3.24. The fourth-order valence-electron chi connectivity index (χ4n) is 4.55. The van der Waals surface area contributed by atoms with E-state index in [4.69, 9.17) is 9.26 Å². The number of sulfonamides is 1. The van der Waals surface area contributed by atoms with Gasteiger partial charge < -0.3 is 14.2 Å². The second kappa shape index (κ2) is 9.43. The summed E-state index contributed by atoms with van der Waals surface area (Å²) in [6.07, 6.45) is 2.29. The third kappa shape index (κ3) is 4.55. The molecule has 0 aliphatic carbocycles. The lowest BCUT2D eigenvalue weighted by molar-refractivity contribution is -0.121. The van der Waals surface area contributed by atoms with E-state index in [0.29, 0.717) is 48.2 Å². The number of carbonyl (C=O) groups excluding carboxylic acids is 1. The average molecular weight is 497 g/mol. The molecule has 2 aliphatic heterocycles. The predicted octanol–water partition coefficient (Wildman–Crippen LogP) is 3.75.